The molecule has 3 N–H and O–H groups in total. The molecule has 0 radical (unpaired) electrons. The number of carbonyl (C=O) groups excluding carboxylic acids is 1. The van der Waals surface area contributed by atoms with Crippen molar-refractivity contribution in [3.05, 3.63) is 0 Å². The molecule has 0 aromatic heterocycles. The van der Waals surface area contributed by atoms with E-state index in [0.717, 1.165) is 32.1 Å². The maximum atomic E-state index is 12.2. The summed E-state index contributed by atoms with van der Waals surface area (Å²) in [6.07, 6.45) is 3.26. The molecule has 2 saturated carbocycles. The Morgan fingerprint density at radius 1 is 1.23 bits per heavy atom. The van der Waals surface area contributed by atoms with Crippen LogP contribution in [0.25, 0.3) is 0 Å². The lowest BCUT2D eigenvalue weighted by Gasteiger charge is -2.43. The number of rotatable bonds is 6. The first-order valence-corrected chi connectivity index (χ1v) is 8.21. The first-order chi connectivity index (χ1) is 10.2. The lowest BCUT2D eigenvalue weighted by molar-refractivity contribution is -0.134. The Hall–Kier alpha value is -1.30. The number of nitrogens with one attached hydrogen (secondary N) is 1. The Labute approximate surface area is 131 Å². The molecule has 0 aliphatic heterocycles. The van der Waals surface area contributed by atoms with Crippen molar-refractivity contribution >= 4 is 12.0 Å². The summed E-state index contributed by atoms with van der Waals surface area (Å²) in [7, 11) is 0. The molecular weight excluding hydrogens is 284 g/mol. The van der Waals surface area contributed by atoms with E-state index in [4.69, 9.17) is 0 Å². The predicted molar refractivity (Wildman–Crippen MR) is 82.5 cm³/mol. The summed E-state index contributed by atoms with van der Waals surface area (Å²) in [4.78, 5) is 25.2. The summed E-state index contributed by atoms with van der Waals surface area (Å²) in [5, 5.41) is 22.9. The van der Waals surface area contributed by atoms with E-state index in [0.29, 0.717) is 12.3 Å². The van der Waals surface area contributed by atoms with E-state index in [9.17, 15) is 19.8 Å². The van der Waals surface area contributed by atoms with Crippen LogP contribution in [0.15, 0.2) is 0 Å². The van der Waals surface area contributed by atoms with Crippen LogP contribution in [0.4, 0.5) is 4.79 Å². The molecule has 2 amide bonds. The number of aliphatic hydroxyl groups is 1. The van der Waals surface area contributed by atoms with Crippen LogP contribution in [0.2, 0.25) is 0 Å². The maximum absolute atomic E-state index is 12.2. The molecule has 0 bridgehead atoms. The molecule has 2 aliphatic carbocycles. The average molecular weight is 312 g/mol. The van der Waals surface area contributed by atoms with Gasteiger partial charge in [0.25, 0.3) is 5.91 Å². The zero-order valence-electron chi connectivity index (χ0n) is 13.7. The average Bonchev–Trinajstić information content (AvgIpc) is 3.12. The van der Waals surface area contributed by atoms with Crippen LogP contribution in [0.3, 0.4) is 0 Å². The standard InChI is InChI=1S/C16H28N2O4/c1-16(2,3)18(15(21)22)12(9-10-5-4-6-10)13(19)14(20)17-11-7-8-11/h10-13,19H,4-9H2,1-3H3,(H,17,20)(H,21,22)/t12-,13?/m0/s1. The van der Waals surface area contributed by atoms with Gasteiger partial charge in [0, 0.05) is 11.6 Å². The maximum Gasteiger partial charge on any atom is 0.408 e. The van der Waals surface area contributed by atoms with Crippen LogP contribution in [0, 0.1) is 5.92 Å². The van der Waals surface area contributed by atoms with Gasteiger partial charge in [-0.2, -0.15) is 0 Å². The largest absolute Gasteiger partial charge is 0.465 e. The SMILES string of the molecule is CC(C)(C)N(C(=O)O)[C@@H](CC1CCC1)C(O)C(=O)NC1CC1. The lowest BCUT2D eigenvalue weighted by Crippen LogP contribution is -2.59. The summed E-state index contributed by atoms with van der Waals surface area (Å²) in [5.41, 5.74) is -0.666. The molecule has 0 saturated heterocycles. The molecule has 0 spiro atoms. The molecule has 0 aromatic carbocycles. The highest BCUT2D eigenvalue weighted by Crippen LogP contribution is 2.34. The molecule has 126 valence electrons. The Kier molecular flexibility index (Phi) is 5.00. The van der Waals surface area contributed by atoms with Crippen molar-refractivity contribution in [2.24, 2.45) is 5.92 Å². The summed E-state index contributed by atoms with van der Waals surface area (Å²) < 4.78 is 0. The van der Waals surface area contributed by atoms with Crippen molar-refractivity contribution in [2.45, 2.75) is 83.0 Å². The van der Waals surface area contributed by atoms with Gasteiger partial charge < -0.3 is 15.5 Å². The highest BCUT2D eigenvalue weighted by atomic mass is 16.4. The number of hydrogen-bond acceptors (Lipinski definition) is 3. The van der Waals surface area contributed by atoms with E-state index in [2.05, 4.69) is 5.32 Å². The predicted octanol–water partition coefficient (Wildman–Crippen LogP) is 1.96. The fraction of sp³-hybridized carbons (Fsp3) is 0.875. The molecule has 2 rings (SSSR count). The second-order valence-electron chi connectivity index (χ2n) is 7.65. The number of hydrogen-bond donors (Lipinski definition) is 3. The summed E-state index contributed by atoms with van der Waals surface area (Å²) in [6, 6.07) is -0.541. The van der Waals surface area contributed by atoms with E-state index in [1.165, 1.54) is 4.90 Å². The van der Waals surface area contributed by atoms with E-state index in [1.807, 2.05) is 0 Å². The fourth-order valence-corrected chi connectivity index (χ4v) is 3.06. The molecule has 22 heavy (non-hydrogen) atoms. The first kappa shape index (κ1) is 17.1. The van der Waals surface area contributed by atoms with Crippen molar-refractivity contribution in [2.75, 3.05) is 0 Å². The third-order valence-electron chi connectivity index (χ3n) is 4.62. The Morgan fingerprint density at radius 3 is 2.18 bits per heavy atom. The molecule has 0 aromatic rings. The van der Waals surface area contributed by atoms with E-state index >= 15 is 0 Å². The van der Waals surface area contributed by atoms with Gasteiger partial charge >= 0.3 is 6.09 Å². The normalized spacial score (nSPS) is 21.6. The van der Waals surface area contributed by atoms with E-state index in [-0.39, 0.29) is 6.04 Å². The molecule has 2 fully saturated rings. The zero-order valence-corrected chi connectivity index (χ0v) is 13.7. The van der Waals surface area contributed by atoms with Crippen LogP contribution in [0.1, 0.15) is 59.3 Å². The van der Waals surface area contributed by atoms with Gasteiger partial charge in [0.2, 0.25) is 0 Å². The Bertz CT molecular complexity index is 424. The first-order valence-electron chi connectivity index (χ1n) is 8.21. The molecule has 2 atom stereocenters. The highest BCUT2D eigenvalue weighted by Gasteiger charge is 2.42. The summed E-state index contributed by atoms with van der Waals surface area (Å²) in [6.45, 7) is 5.38. The zero-order chi connectivity index (χ0) is 16.5. The number of carbonyl (C=O) groups is 2. The van der Waals surface area contributed by atoms with Crippen LogP contribution in [0.5, 0.6) is 0 Å². The minimum absolute atomic E-state index is 0.152. The minimum Gasteiger partial charge on any atom is -0.465 e. The lowest BCUT2D eigenvalue weighted by atomic mass is 9.79. The number of carboxylic acid groups (broad SMARTS) is 1. The molecule has 6 nitrogen and oxygen atoms in total. The van der Waals surface area contributed by atoms with Gasteiger partial charge in [0.15, 0.2) is 6.10 Å². The topological polar surface area (TPSA) is 89.9 Å². The highest BCUT2D eigenvalue weighted by molar-refractivity contribution is 5.82. The molecule has 6 heteroatoms. The third kappa shape index (κ3) is 4.12. The Morgan fingerprint density at radius 2 is 1.82 bits per heavy atom. The van der Waals surface area contributed by atoms with Crippen LogP contribution in [-0.2, 0) is 4.79 Å². The van der Waals surface area contributed by atoms with Crippen molar-refractivity contribution in [1.82, 2.24) is 10.2 Å². The smallest absolute Gasteiger partial charge is 0.408 e. The van der Waals surface area contributed by atoms with Crippen LogP contribution >= 0.6 is 0 Å². The van der Waals surface area contributed by atoms with Crippen molar-refractivity contribution < 1.29 is 19.8 Å². The van der Waals surface area contributed by atoms with Crippen molar-refractivity contribution in [1.29, 1.82) is 0 Å². The van der Waals surface area contributed by atoms with Gasteiger partial charge in [-0.25, -0.2) is 4.79 Å². The second kappa shape index (κ2) is 6.44. The monoisotopic (exact) mass is 312 g/mol. The van der Waals surface area contributed by atoms with Gasteiger partial charge in [-0.3, -0.25) is 9.69 Å². The molecular formula is C16H28N2O4. The van der Waals surface area contributed by atoms with Crippen molar-refractivity contribution in [3.8, 4) is 0 Å². The summed E-state index contributed by atoms with van der Waals surface area (Å²) >= 11 is 0. The van der Waals surface area contributed by atoms with Gasteiger partial charge in [0.05, 0.1) is 6.04 Å². The molecule has 2 aliphatic rings. The minimum atomic E-state index is -1.31. The number of aliphatic hydroxyl groups excluding tert-OH is 1. The number of amides is 2. The van der Waals surface area contributed by atoms with Gasteiger partial charge in [-0.15, -0.1) is 0 Å². The third-order valence-corrected chi connectivity index (χ3v) is 4.62. The van der Waals surface area contributed by atoms with E-state index < -0.39 is 29.7 Å². The van der Waals surface area contributed by atoms with Gasteiger partial charge in [0.1, 0.15) is 0 Å². The molecule has 1 unspecified atom stereocenters. The summed E-state index contributed by atoms with van der Waals surface area (Å²) in [5.74, 6) is -0.0418. The Balaban J connectivity index is 2.14. The van der Waals surface area contributed by atoms with Gasteiger partial charge in [-0.1, -0.05) is 19.3 Å². The van der Waals surface area contributed by atoms with Crippen LogP contribution in [-0.4, -0.2) is 50.8 Å². The van der Waals surface area contributed by atoms with Crippen LogP contribution < -0.4 is 5.32 Å². The fourth-order valence-electron chi connectivity index (χ4n) is 3.06. The van der Waals surface area contributed by atoms with Gasteiger partial charge in [-0.05, 0) is 46.0 Å². The molecule has 0 heterocycles. The van der Waals surface area contributed by atoms with E-state index in [1.54, 1.807) is 20.8 Å². The second-order valence-corrected chi connectivity index (χ2v) is 7.65. The van der Waals surface area contributed by atoms with Crippen molar-refractivity contribution in [3.63, 3.8) is 0 Å². The quantitative estimate of drug-likeness (QED) is 0.699. The number of nitrogens with zero attached hydrogens (tertiary/aromatic N) is 1.